The minimum atomic E-state index is -0.439. The predicted octanol–water partition coefficient (Wildman–Crippen LogP) is 5.60. The van der Waals surface area contributed by atoms with Gasteiger partial charge < -0.3 is 19.3 Å². The first-order valence-electron chi connectivity index (χ1n) is 13.0. The first-order valence-corrected chi connectivity index (χ1v) is 13.0. The van der Waals surface area contributed by atoms with Crippen molar-refractivity contribution in [2.45, 2.75) is 76.9 Å². The van der Waals surface area contributed by atoms with Gasteiger partial charge in [0.05, 0.1) is 13.2 Å². The SMILES string of the molecule is CC(C)(C)OC(=O)N1CC2(CC[C@@H](N3CCC(c4cc(F)ccc4C4=CCOCC4)CC3)C2)C1. The Morgan fingerprint density at radius 1 is 1.18 bits per heavy atom. The van der Waals surface area contributed by atoms with Gasteiger partial charge in [0.1, 0.15) is 11.4 Å². The number of amides is 1. The second-order valence-corrected chi connectivity index (χ2v) is 11.8. The van der Waals surface area contributed by atoms with E-state index in [4.69, 9.17) is 9.47 Å². The molecule has 3 aliphatic heterocycles. The quantitative estimate of drug-likeness (QED) is 0.577. The molecule has 6 heteroatoms. The molecular weight excluding hydrogens is 431 g/mol. The van der Waals surface area contributed by atoms with Crippen LogP contribution >= 0.6 is 0 Å². The lowest BCUT2D eigenvalue weighted by Crippen LogP contribution is -2.58. The van der Waals surface area contributed by atoms with E-state index in [1.54, 1.807) is 12.1 Å². The number of carbonyl (C=O) groups excluding carboxylic acids is 1. The number of carbonyl (C=O) groups is 1. The highest BCUT2D eigenvalue weighted by Crippen LogP contribution is 2.48. The van der Waals surface area contributed by atoms with Gasteiger partial charge in [-0.15, -0.1) is 0 Å². The number of ether oxygens (including phenoxy) is 2. The van der Waals surface area contributed by atoms with Crippen LogP contribution in [0, 0.1) is 11.2 Å². The Kier molecular flexibility index (Phi) is 6.49. The minimum absolute atomic E-state index is 0.133. The summed E-state index contributed by atoms with van der Waals surface area (Å²) in [6.07, 6.45) is 8.63. The summed E-state index contributed by atoms with van der Waals surface area (Å²) in [5, 5.41) is 0. The molecule has 4 aliphatic rings. The standard InChI is InChI=1S/C28H39FN2O3/c1-27(2,3)34-26(32)31-18-28(19-31)11-6-23(17-28)30-12-7-20(8-13-30)25-16-22(29)4-5-24(25)21-9-14-33-15-10-21/h4-5,9,16,20,23H,6-8,10-15,17-19H2,1-3H3/t23-/m1/s1. The third-order valence-corrected chi connectivity index (χ3v) is 8.19. The second-order valence-electron chi connectivity index (χ2n) is 11.8. The Balaban J connectivity index is 1.16. The van der Waals surface area contributed by atoms with Crippen LogP contribution in [0.1, 0.15) is 76.3 Å². The fraction of sp³-hybridized carbons (Fsp3) is 0.679. The van der Waals surface area contributed by atoms with Crippen molar-refractivity contribution in [2.75, 3.05) is 39.4 Å². The summed E-state index contributed by atoms with van der Waals surface area (Å²) in [5.41, 5.74) is 3.55. The zero-order valence-electron chi connectivity index (χ0n) is 20.9. The lowest BCUT2D eigenvalue weighted by Gasteiger charge is -2.48. The Hall–Kier alpha value is -1.92. The maximum absolute atomic E-state index is 14.2. The van der Waals surface area contributed by atoms with E-state index >= 15 is 0 Å². The van der Waals surface area contributed by atoms with Gasteiger partial charge in [-0.05, 0) is 107 Å². The molecule has 5 nitrogen and oxygen atoms in total. The van der Waals surface area contributed by atoms with Crippen molar-refractivity contribution in [2.24, 2.45) is 5.41 Å². The average molecular weight is 471 g/mol. The highest BCUT2D eigenvalue weighted by Gasteiger charge is 2.51. The fourth-order valence-electron chi connectivity index (χ4n) is 6.51. The summed E-state index contributed by atoms with van der Waals surface area (Å²) in [6, 6.07) is 5.95. The topological polar surface area (TPSA) is 42.0 Å². The van der Waals surface area contributed by atoms with E-state index in [1.807, 2.05) is 31.7 Å². The third kappa shape index (κ3) is 5.03. The number of likely N-dealkylation sites (tertiary alicyclic amines) is 2. The third-order valence-electron chi connectivity index (χ3n) is 8.19. The minimum Gasteiger partial charge on any atom is -0.444 e. The van der Waals surface area contributed by atoms with Crippen LogP contribution in [0.5, 0.6) is 0 Å². The van der Waals surface area contributed by atoms with Crippen LogP contribution in [0.25, 0.3) is 5.57 Å². The highest BCUT2D eigenvalue weighted by atomic mass is 19.1. The summed E-state index contributed by atoms with van der Waals surface area (Å²) >= 11 is 0. The van der Waals surface area contributed by atoms with Gasteiger partial charge in [-0.3, -0.25) is 0 Å². The Labute approximate surface area is 203 Å². The molecule has 1 aromatic rings. The molecule has 0 bridgehead atoms. The molecule has 2 saturated heterocycles. The number of piperidine rings is 1. The van der Waals surface area contributed by atoms with Crippen LogP contribution in [0.4, 0.5) is 9.18 Å². The van der Waals surface area contributed by atoms with Crippen molar-refractivity contribution in [3.05, 3.63) is 41.2 Å². The van der Waals surface area contributed by atoms with E-state index in [2.05, 4.69) is 11.0 Å². The van der Waals surface area contributed by atoms with E-state index in [-0.39, 0.29) is 17.3 Å². The Morgan fingerprint density at radius 3 is 2.62 bits per heavy atom. The molecule has 186 valence electrons. The van der Waals surface area contributed by atoms with Crippen molar-refractivity contribution >= 4 is 11.7 Å². The first kappa shape index (κ1) is 23.8. The molecule has 0 N–H and O–H groups in total. The Morgan fingerprint density at radius 2 is 1.94 bits per heavy atom. The molecular formula is C28H39FN2O3. The van der Waals surface area contributed by atoms with Gasteiger partial charge in [-0.1, -0.05) is 12.1 Å². The van der Waals surface area contributed by atoms with E-state index in [0.717, 1.165) is 52.0 Å². The zero-order valence-corrected chi connectivity index (χ0v) is 20.9. The lowest BCUT2D eigenvalue weighted by molar-refractivity contribution is -0.0347. The molecule has 1 aliphatic carbocycles. The molecule has 1 atom stereocenters. The van der Waals surface area contributed by atoms with E-state index < -0.39 is 5.60 Å². The predicted molar refractivity (Wildman–Crippen MR) is 131 cm³/mol. The molecule has 5 rings (SSSR count). The van der Waals surface area contributed by atoms with Crippen molar-refractivity contribution in [1.82, 2.24) is 9.80 Å². The molecule has 1 saturated carbocycles. The van der Waals surface area contributed by atoms with Crippen molar-refractivity contribution in [3.63, 3.8) is 0 Å². The largest absolute Gasteiger partial charge is 0.444 e. The van der Waals surface area contributed by atoms with Crippen molar-refractivity contribution in [1.29, 1.82) is 0 Å². The van der Waals surface area contributed by atoms with Gasteiger partial charge in [0.15, 0.2) is 0 Å². The maximum atomic E-state index is 14.2. The fourth-order valence-corrected chi connectivity index (χ4v) is 6.51. The summed E-state index contributed by atoms with van der Waals surface area (Å²) in [6.45, 7) is 11.0. The number of halogens is 1. The van der Waals surface area contributed by atoms with E-state index in [1.165, 1.54) is 36.0 Å². The van der Waals surface area contributed by atoms with Gasteiger partial charge in [-0.2, -0.15) is 0 Å². The second kappa shape index (κ2) is 9.27. The molecule has 1 spiro atoms. The van der Waals surface area contributed by atoms with Crippen LogP contribution in [0.3, 0.4) is 0 Å². The van der Waals surface area contributed by atoms with Crippen LogP contribution in [0.2, 0.25) is 0 Å². The lowest BCUT2D eigenvalue weighted by atomic mass is 9.78. The summed E-state index contributed by atoms with van der Waals surface area (Å²) < 4.78 is 25.2. The molecule has 1 amide bonds. The highest BCUT2D eigenvalue weighted by molar-refractivity contribution is 5.70. The number of rotatable bonds is 3. The molecule has 0 unspecified atom stereocenters. The molecule has 3 heterocycles. The number of benzene rings is 1. The summed E-state index contributed by atoms with van der Waals surface area (Å²) in [5.74, 6) is 0.276. The van der Waals surface area contributed by atoms with Gasteiger partial charge >= 0.3 is 6.09 Å². The van der Waals surface area contributed by atoms with Crippen LogP contribution < -0.4 is 0 Å². The molecule has 3 fully saturated rings. The van der Waals surface area contributed by atoms with Crippen LogP contribution in [-0.4, -0.2) is 66.9 Å². The molecule has 1 aromatic carbocycles. The normalized spacial score (nSPS) is 25.8. The zero-order chi connectivity index (χ0) is 23.9. The molecule has 0 radical (unpaired) electrons. The smallest absolute Gasteiger partial charge is 0.410 e. The van der Waals surface area contributed by atoms with E-state index in [0.29, 0.717) is 18.6 Å². The van der Waals surface area contributed by atoms with Gasteiger partial charge in [0.25, 0.3) is 0 Å². The van der Waals surface area contributed by atoms with Crippen molar-refractivity contribution in [3.8, 4) is 0 Å². The first-order chi connectivity index (χ1) is 16.2. The molecule has 0 aromatic heterocycles. The average Bonchev–Trinajstić information content (AvgIpc) is 3.24. The number of hydrogen-bond donors (Lipinski definition) is 0. The maximum Gasteiger partial charge on any atom is 0.410 e. The number of hydrogen-bond acceptors (Lipinski definition) is 4. The van der Waals surface area contributed by atoms with Gasteiger partial charge in [0, 0.05) is 24.5 Å². The summed E-state index contributed by atoms with van der Waals surface area (Å²) in [4.78, 5) is 16.9. The van der Waals surface area contributed by atoms with Gasteiger partial charge in [-0.25, -0.2) is 9.18 Å². The van der Waals surface area contributed by atoms with E-state index in [9.17, 15) is 9.18 Å². The van der Waals surface area contributed by atoms with Gasteiger partial charge in [0.2, 0.25) is 0 Å². The van der Waals surface area contributed by atoms with Crippen LogP contribution in [-0.2, 0) is 9.47 Å². The molecule has 34 heavy (non-hydrogen) atoms. The number of nitrogens with zero attached hydrogens (tertiary/aromatic N) is 2. The Bertz CT molecular complexity index is 939. The summed E-state index contributed by atoms with van der Waals surface area (Å²) in [7, 11) is 0. The van der Waals surface area contributed by atoms with Crippen LogP contribution in [0.15, 0.2) is 24.3 Å². The van der Waals surface area contributed by atoms with Crippen molar-refractivity contribution < 1.29 is 18.7 Å². The monoisotopic (exact) mass is 470 g/mol.